The van der Waals surface area contributed by atoms with E-state index in [9.17, 15) is 9.59 Å². The molecule has 5 nitrogen and oxygen atoms in total. The summed E-state index contributed by atoms with van der Waals surface area (Å²) in [5, 5.41) is 2.69. The van der Waals surface area contributed by atoms with Crippen molar-refractivity contribution in [3.05, 3.63) is 35.9 Å². The number of carbonyl (C=O) groups is 2. The third-order valence-electron chi connectivity index (χ3n) is 2.77. The number of carbonyl (C=O) groups excluding carboxylic acids is 2. The summed E-state index contributed by atoms with van der Waals surface area (Å²) in [6.07, 6.45) is 2.11. The smallest absolute Gasteiger partial charge is 0.328 e. The molecule has 0 bridgehead atoms. The molecule has 0 unspecified atom stereocenters. The van der Waals surface area contributed by atoms with Gasteiger partial charge in [-0.25, -0.2) is 4.79 Å². The van der Waals surface area contributed by atoms with Crippen LogP contribution in [0.3, 0.4) is 0 Å². The van der Waals surface area contributed by atoms with E-state index in [0.29, 0.717) is 18.5 Å². The van der Waals surface area contributed by atoms with Gasteiger partial charge in [0.05, 0.1) is 7.11 Å². The van der Waals surface area contributed by atoms with E-state index >= 15 is 0 Å². The number of ether oxygens (including phenoxy) is 1. The molecule has 1 aromatic carbocycles. The Hall–Kier alpha value is -1.88. The lowest BCUT2D eigenvalue weighted by atomic mass is 10.1. The van der Waals surface area contributed by atoms with Crippen molar-refractivity contribution in [3.8, 4) is 0 Å². The van der Waals surface area contributed by atoms with Gasteiger partial charge in [0.2, 0.25) is 0 Å². The third kappa shape index (κ3) is 5.09. The molecule has 0 aliphatic carbocycles. The fourth-order valence-corrected chi connectivity index (χ4v) is 1.72. The number of rotatable bonds is 7. The first-order chi connectivity index (χ1) is 9.19. The molecule has 1 atom stereocenters. The average molecular weight is 264 g/mol. The summed E-state index contributed by atoms with van der Waals surface area (Å²) in [4.78, 5) is 23.6. The predicted molar refractivity (Wildman–Crippen MR) is 72.6 cm³/mol. The normalized spacial score (nSPS) is 11.7. The summed E-state index contributed by atoms with van der Waals surface area (Å²) in [7, 11) is 1.31. The van der Waals surface area contributed by atoms with Crippen LogP contribution in [0.15, 0.2) is 30.3 Å². The molecular weight excluding hydrogens is 244 g/mol. The van der Waals surface area contributed by atoms with Crippen LogP contribution in [0, 0.1) is 0 Å². The minimum Gasteiger partial charge on any atom is -0.467 e. The fourth-order valence-electron chi connectivity index (χ4n) is 1.72. The van der Waals surface area contributed by atoms with Crippen LogP contribution in [0.5, 0.6) is 0 Å². The van der Waals surface area contributed by atoms with E-state index in [1.807, 2.05) is 6.07 Å². The Bertz CT molecular complexity index is 406. The van der Waals surface area contributed by atoms with Gasteiger partial charge in [-0.1, -0.05) is 18.2 Å². The highest BCUT2D eigenvalue weighted by Crippen LogP contribution is 2.05. The number of hydrogen-bond donors (Lipinski definition) is 2. The van der Waals surface area contributed by atoms with E-state index in [4.69, 9.17) is 10.5 Å². The van der Waals surface area contributed by atoms with Crippen LogP contribution >= 0.6 is 0 Å². The van der Waals surface area contributed by atoms with E-state index in [0.717, 1.165) is 12.8 Å². The lowest BCUT2D eigenvalue weighted by molar-refractivity contribution is -0.143. The van der Waals surface area contributed by atoms with Crippen molar-refractivity contribution < 1.29 is 14.3 Å². The Morgan fingerprint density at radius 2 is 1.95 bits per heavy atom. The van der Waals surface area contributed by atoms with Gasteiger partial charge in [0.25, 0.3) is 5.91 Å². The second kappa shape index (κ2) is 8.26. The van der Waals surface area contributed by atoms with Crippen molar-refractivity contribution in [2.24, 2.45) is 5.73 Å². The Morgan fingerprint density at radius 3 is 2.53 bits per heavy atom. The quantitative estimate of drug-likeness (QED) is 0.570. The van der Waals surface area contributed by atoms with Gasteiger partial charge in [0.15, 0.2) is 0 Å². The van der Waals surface area contributed by atoms with Crippen molar-refractivity contribution in [1.82, 2.24) is 5.32 Å². The van der Waals surface area contributed by atoms with Crippen LogP contribution in [0.4, 0.5) is 0 Å². The molecule has 0 aromatic heterocycles. The first kappa shape index (κ1) is 15.2. The minimum absolute atomic E-state index is 0.274. The maximum atomic E-state index is 12.0. The van der Waals surface area contributed by atoms with Crippen LogP contribution in [-0.2, 0) is 9.53 Å². The molecular formula is C14H20N2O3. The van der Waals surface area contributed by atoms with E-state index in [2.05, 4.69) is 5.32 Å². The number of amides is 1. The molecule has 1 amide bonds. The molecule has 0 saturated heterocycles. The summed E-state index contributed by atoms with van der Waals surface area (Å²) in [6, 6.07) is 8.15. The molecule has 19 heavy (non-hydrogen) atoms. The molecule has 0 fully saturated rings. The molecule has 0 aliphatic rings. The summed E-state index contributed by atoms with van der Waals surface area (Å²) < 4.78 is 4.69. The van der Waals surface area contributed by atoms with Crippen LogP contribution in [0.1, 0.15) is 29.6 Å². The molecule has 1 rings (SSSR count). The maximum absolute atomic E-state index is 12.0. The van der Waals surface area contributed by atoms with Gasteiger partial charge < -0.3 is 15.8 Å². The van der Waals surface area contributed by atoms with E-state index in [1.165, 1.54) is 7.11 Å². The van der Waals surface area contributed by atoms with Crippen molar-refractivity contribution in [2.75, 3.05) is 13.7 Å². The topological polar surface area (TPSA) is 81.4 Å². The Morgan fingerprint density at radius 1 is 1.26 bits per heavy atom. The zero-order valence-electron chi connectivity index (χ0n) is 11.1. The summed E-state index contributed by atoms with van der Waals surface area (Å²) >= 11 is 0. The van der Waals surface area contributed by atoms with Crippen LogP contribution in [0.25, 0.3) is 0 Å². The van der Waals surface area contributed by atoms with Crippen molar-refractivity contribution >= 4 is 11.9 Å². The molecule has 0 aliphatic heterocycles. The average Bonchev–Trinajstić information content (AvgIpc) is 2.46. The molecule has 0 heterocycles. The summed E-state index contributed by atoms with van der Waals surface area (Å²) in [5.41, 5.74) is 5.94. The first-order valence-corrected chi connectivity index (χ1v) is 6.33. The number of hydrogen-bond acceptors (Lipinski definition) is 4. The van der Waals surface area contributed by atoms with Crippen LogP contribution < -0.4 is 11.1 Å². The SMILES string of the molecule is COC(=O)[C@H](CCCCN)NC(=O)c1ccccc1. The number of nitrogens with one attached hydrogen (secondary N) is 1. The van der Waals surface area contributed by atoms with E-state index in [1.54, 1.807) is 24.3 Å². The molecule has 3 N–H and O–H groups in total. The fraction of sp³-hybridized carbons (Fsp3) is 0.429. The Labute approximate surface area is 113 Å². The van der Waals surface area contributed by atoms with Gasteiger partial charge in [-0.2, -0.15) is 0 Å². The van der Waals surface area contributed by atoms with Crippen molar-refractivity contribution in [1.29, 1.82) is 0 Å². The highest BCUT2D eigenvalue weighted by atomic mass is 16.5. The van der Waals surface area contributed by atoms with Gasteiger partial charge in [-0.05, 0) is 37.9 Å². The largest absolute Gasteiger partial charge is 0.467 e. The number of esters is 1. The Balaban J connectivity index is 2.61. The second-order valence-corrected chi connectivity index (χ2v) is 4.20. The van der Waals surface area contributed by atoms with Crippen molar-refractivity contribution in [3.63, 3.8) is 0 Å². The van der Waals surface area contributed by atoms with Crippen LogP contribution in [0.2, 0.25) is 0 Å². The number of benzene rings is 1. The van der Waals surface area contributed by atoms with E-state index in [-0.39, 0.29) is 5.91 Å². The predicted octanol–water partition coefficient (Wildman–Crippen LogP) is 1.09. The number of unbranched alkanes of at least 4 members (excludes halogenated alkanes) is 1. The molecule has 0 spiro atoms. The molecule has 0 radical (unpaired) electrons. The zero-order valence-corrected chi connectivity index (χ0v) is 11.1. The molecule has 0 saturated carbocycles. The van der Waals surface area contributed by atoms with Gasteiger partial charge >= 0.3 is 5.97 Å². The summed E-state index contributed by atoms with van der Waals surface area (Å²) in [6.45, 7) is 0.570. The zero-order chi connectivity index (χ0) is 14.1. The molecule has 5 heteroatoms. The minimum atomic E-state index is -0.621. The molecule has 104 valence electrons. The second-order valence-electron chi connectivity index (χ2n) is 4.20. The van der Waals surface area contributed by atoms with Gasteiger partial charge in [-0.3, -0.25) is 4.79 Å². The van der Waals surface area contributed by atoms with E-state index < -0.39 is 12.0 Å². The monoisotopic (exact) mass is 264 g/mol. The standard InChI is InChI=1S/C14H20N2O3/c1-19-14(18)12(9-5-6-10-15)16-13(17)11-7-3-2-4-8-11/h2-4,7-8,12H,5-6,9-10,15H2,1H3,(H,16,17)/t12-/m0/s1. The molecule has 1 aromatic rings. The number of nitrogens with two attached hydrogens (primary N) is 1. The summed E-state index contributed by atoms with van der Waals surface area (Å²) in [5.74, 6) is -0.704. The van der Waals surface area contributed by atoms with Gasteiger partial charge in [0.1, 0.15) is 6.04 Å². The maximum Gasteiger partial charge on any atom is 0.328 e. The van der Waals surface area contributed by atoms with Gasteiger partial charge in [-0.15, -0.1) is 0 Å². The van der Waals surface area contributed by atoms with Crippen LogP contribution in [-0.4, -0.2) is 31.6 Å². The highest BCUT2D eigenvalue weighted by molar-refractivity contribution is 5.96. The third-order valence-corrected chi connectivity index (χ3v) is 2.77. The highest BCUT2D eigenvalue weighted by Gasteiger charge is 2.21. The van der Waals surface area contributed by atoms with Crippen molar-refractivity contribution in [2.45, 2.75) is 25.3 Å². The van der Waals surface area contributed by atoms with Gasteiger partial charge in [0, 0.05) is 5.56 Å². The lowest BCUT2D eigenvalue weighted by Crippen LogP contribution is -2.41. The number of methoxy groups -OCH3 is 1. The Kier molecular flexibility index (Phi) is 6.60. The first-order valence-electron chi connectivity index (χ1n) is 6.33. The lowest BCUT2D eigenvalue weighted by Gasteiger charge is -2.16.